The van der Waals surface area contributed by atoms with E-state index in [1.54, 1.807) is 12.1 Å². The summed E-state index contributed by atoms with van der Waals surface area (Å²) in [6, 6.07) is 4.83. The number of benzene rings is 1. The van der Waals surface area contributed by atoms with Gasteiger partial charge in [0.25, 0.3) is 0 Å². The molecule has 3 N–H and O–H groups in total. The number of nitrogens with zero attached hydrogens (tertiary/aromatic N) is 1. The molecule has 1 aliphatic rings. The Balaban J connectivity index is 2.13. The van der Waals surface area contributed by atoms with E-state index in [9.17, 15) is 8.42 Å². The summed E-state index contributed by atoms with van der Waals surface area (Å²) < 4.78 is 25.1. The van der Waals surface area contributed by atoms with E-state index in [4.69, 9.17) is 5.73 Å². The first-order valence-electron chi connectivity index (χ1n) is 6.38. The Morgan fingerprint density at radius 2 is 2.05 bits per heavy atom. The van der Waals surface area contributed by atoms with Gasteiger partial charge in [-0.05, 0) is 36.5 Å². The highest BCUT2D eigenvalue weighted by molar-refractivity contribution is 7.89. The van der Waals surface area contributed by atoms with Crippen molar-refractivity contribution in [1.82, 2.24) is 4.31 Å². The van der Waals surface area contributed by atoms with Crippen LogP contribution in [0.15, 0.2) is 23.1 Å². The average Bonchev–Trinajstić information content (AvgIpc) is 3.03. The Kier molecular flexibility index (Phi) is 3.73. The van der Waals surface area contributed by atoms with Crippen LogP contribution in [-0.4, -0.2) is 33.4 Å². The predicted octanol–water partition coefficient (Wildman–Crippen LogP) is 1.59. The smallest absolute Gasteiger partial charge is 0.242 e. The molecule has 0 aromatic heterocycles. The van der Waals surface area contributed by atoms with Crippen molar-refractivity contribution in [3.63, 3.8) is 0 Å². The molecule has 0 bridgehead atoms. The lowest BCUT2D eigenvalue weighted by Gasteiger charge is -2.14. The maximum atomic E-state index is 12.0. The predicted molar refractivity (Wildman–Crippen MR) is 77.5 cm³/mol. The maximum absolute atomic E-state index is 12.0. The van der Waals surface area contributed by atoms with E-state index in [2.05, 4.69) is 12.2 Å². The standard InChI is InChI=1S/C13H21N3O2S/c1-9-6-10(9)8-15-13-5-4-11(7-12(13)14)19(17,18)16(2)3/h4-5,7,9-10,15H,6,8,14H2,1-3H3. The Labute approximate surface area is 114 Å². The lowest BCUT2D eigenvalue weighted by molar-refractivity contribution is 0.521. The third-order valence-electron chi connectivity index (χ3n) is 3.63. The number of anilines is 2. The van der Waals surface area contributed by atoms with Crippen molar-refractivity contribution >= 4 is 21.4 Å². The highest BCUT2D eigenvalue weighted by Crippen LogP contribution is 2.38. The van der Waals surface area contributed by atoms with Gasteiger partial charge in [0.2, 0.25) is 10.0 Å². The van der Waals surface area contributed by atoms with Crippen LogP contribution in [0.3, 0.4) is 0 Å². The highest BCUT2D eigenvalue weighted by Gasteiger charge is 2.32. The van der Waals surface area contributed by atoms with Gasteiger partial charge in [-0.15, -0.1) is 0 Å². The molecule has 1 aliphatic carbocycles. The van der Waals surface area contributed by atoms with E-state index in [0.29, 0.717) is 11.6 Å². The third-order valence-corrected chi connectivity index (χ3v) is 5.44. The van der Waals surface area contributed by atoms with Crippen LogP contribution in [0.5, 0.6) is 0 Å². The van der Waals surface area contributed by atoms with Gasteiger partial charge < -0.3 is 11.1 Å². The highest BCUT2D eigenvalue weighted by atomic mass is 32.2. The zero-order chi connectivity index (χ0) is 14.2. The molecule has 19 heavy (non-hydrogen) atoms. The van der Waals surface area contributed by atoms with Gasteiger partial charge in [0.05, 0.1) is 16.3 Å². The summed E-state index contributed by atoms with van der Waals surface area (Å²) in [5, 5.41) is 3.28. The second-order valence-electron chi connectivity index (χ2n) is 5.39. The van der Waals surface area contributed by atoms with Crippen LogP contribution in [0.2, 0.25) is 0 Å². The molecule has 0 amide bonds. The summed E-state index contributed by atoms with van der Waals surface area (Å²) in [4.78, 5) is 0.223. The largest absolute Gasteiger partial charge is 0.397 e. The summed E-state index contributed by atoms with van der Waals surface area (Å²) in [7, 11) is -0.406. The molecule has 0 heterocycles. The molecule has 0 radical (unpaired) electrons. The number of nitrogens with one attached hydrogen (secondary N) is 1. The van der Waals surface area contributed by atoms with Crippen molar-refractivity contribution in [2.24, 2.45) is 11.8 Å². The minimum Gasteiger partial charge on any atom is -0.397 e. The maximum Gasteiger partial charge on any atom is 0.242 e. The number of rotatable bonds is 5. The number of nitrogens with two attached hydrogens (primary N) is 1. The third kappa shape index (κ3) is 3.01. The summed E-state index contributed by atoms with van der Waals surface area (Å²) >= 11 is 0. The van der Waals surface area contributed by atoms with Gasteiger partial charge in [-0.25, -0.2) is 12.7 Å². The minimum absolute atomic E-state index is 0.223. The number of nitrogen functional groups attached to an aromatic ring is 1. The summed E-state index contributed by atoms with van der Waals surface area (Å²) in [6.45, 7) is 3.12. The molecular formula is C13H21N3O2S. The van der Waals surface area contributed by atoms with E-state index in [0.717, 1.165) is 18.2 Å². The Morgan fingerprint density at radius 3 is 2.53 bits per heavy atom. The zero-order valence-corrected chi connectivity index (χ0v) is 12.4. The molecule has 6 heteroatoms. The van der Waals surface area contributed by atoms with Crippen LogP contribution >= 0.6 is 0 Å². The van der Waals surface area contributed by atoms with E-state index in [1.807, 2.05) is 0 Å². The number of hydrogen-bond donors (Lipinski definition) is 2. The first kappa shape index (κ1) is 14.1. The molecular weight excluding hydrogens is 262 g/mol. The summed E-state index contributed by atoms with van der Waals surface area (Å²) in [5.41, 5.74) is 7.19. The van der Waals surface area contributed by atoms with Crippen molar-refractivity contribution in [2.75, 3.05) is 31.7 Å². The molecule has 2 unspecified atom stereocenters. The van der Waals surface area contributed by atoms with Gasteiger partial charge in [-0.2, -0.15) is 0 Å². The van der Waals surface area contributed by atoms with Crippen molar-refractivity contribution in [1.29, 1.82) is 0 Å². The molecule has 1 saturated carbocycles. The Hall–Kier alpha value is -1.27. The summed E-state index contributed by atoms with van der Waals surface area (Å²) in [5.74, 6) is 1.49. The van der Waals surface area contributed by atoms with Gasteiger partial charge in [0.15, 0.2) is 0 Å². The average molecular weight is 283 g/mol. The second kappa shape index (κ2) is 5.02. The van der Waals surface area contributed by atoms with E-state index >= 15 is 0 Å². The molecule has 2 atom stereocenters. The molecule has 0 aliphatic heterocycles. The van der Waals surface area contributed by atoms with E-state index in [1.165, 1.54) is 30.9 Å². The van der Waals surface area contributed by atoms with Gasteiger partial charge >= 0.3 is 0 Å². The molecule has 0 spiro atoms. The Morgan fingerprint density at radius 1 is 1.42 bits per heavy atom. The minimum atomic E-state index is -3.42. The van der Waals surface area contributed by atoms with E-state index < -0.39 is 10.0 Å². The molecule has 1 aromatic rings. The van der Waals surface area contributed by atoms with Gasteiger partial charge in [0, 0.05) is 20.6 Å². The van der Waals surface area contributed by atoms with Crippen molar-refractivity contribution in [3.8, 4) is 0 Å². The number of sulfonamides is 1. The van der Waals surface area contributed by atoms with Crippen LogP contribution < -0.4 is 11.1 Å². The van der Waals surface area contributed by atoms with Gasteiger partial charge in [-0.3, -0.25) is 0 Å². The lowest BCUT2D eigenvalue weighted by Crippen LogP contribution is -2.22. The van der Waals surface area contributed by atoms with Crippen LogP contribution in [0.1, 0.15) is 13.3 Å². The van der Waals surface area contributed by atoms with Crippen molar-refractivity contribution < 1.29 is 8.42 Å². The molecule has 0 saturated heterocycles. The monoisotopic (exact) mass is 283 g/mol. The topological polar surface area (TPSA) is 75.4 Å². The lowest BCUT2D eigenvalue weighted by atomic mass is 10.2. The van der Waals surface area contributed by atoms with Gasteiger partial charge in [0.1, 0.15) is 0 Å². The molecule has 2 rings (SSSR count). The molecule has 5 nitrogen and oxygen atoms in total. The molecule has 106 valence electrons. The first-order chi connectivity index (χ1) is 8.82. The quantitative estimate of drug-likeness (QED) is 0.805. The fourth-order valence-electron chi connectivity index (χ4n) is 2.00. The zero-order valence-electron chi connectivity index (χ0n) is 11.6. The normalized spacial score (nSPS) is 22.5. The van der Waals surface area contributed by atoms with Crippen LogP contribution in [0, 0.1) is 11.8 Å². The SMILES string of the molecule is CC1CC1CNc1ccc(S(=O)(=O)N(C)C)cc1N. The Bertz CT molecular complexity index is 569. The molecule has 1 fully saturated rings. The fourth-order valence-corrected chi connectivity index (χ4v) is 2.94. The second-order valence-corrected chi connectivity index (χ2v) is 7.54. The van der Waals surface area contributed by atoms with Crippen LogP contribution in [0.25, 0.3) is 0 Å². The van der Waals surface area contributed by atoms with Crippen molar-refractivity contribution in [3.05, 3.63) is 18.2 Å². The van der Waals surface area contributed by atoms with Crippen LogP contribution in [0.4, 0.5) is 11.4 Å². The first-order valence-corrected chi connectivity index (χ1v) is 7.82. The fraction of sp³-hybridized carbons (Fsp3) is 0.538. The van der Waals surface area contributed by atoms with Gasteiger partial charge in [-0.1, -0.05) is 6.92 Å². The van der Waals surface area contributed by atoms with Crippen molar-refractivity contribution in [2.45, 2.75) is 18.2 Å². The summed E-state index contributed by atoms with van der Waals surface area (Å²) in [6.07, 6.45) is 1.25. The van der Waals surface area contributed by atoms with E-state index in [-0.39, 0.29) is 4.90 Å². The molecule has 1 aromatic carbocycles. The number of hydrogen-bond acceptors (Lipinski definition) is 4. The van der Waals surface area contributed by atoms with Crippen LogP contribution in [-0.2, 0) is 10.0 Å².